The molecule has 3 rings (SSSR count). The van der Waals surface area contributed by atoms with E-state index in [1.54, 1.807) is 21.3 Å². The standard InChI is InChI=1S/C24H33N3O4/c1-5-26(17-19-10-11-22(30-3)23(16-19)31-4)24(28)18-25-12-14-27(15-13-25)20-8-6-7-9-21(20)29-2/h6-11,16H,5,12-15,17-18H2,1-4H3. The Balaban J connectivity index is 1.56. The second-order valence-electron chi connectivity index (χ2n) is 7.53. The molecule has 7 heteroatoms. The van der Waals surface area contributed by atoms with Gasteiger partial charge in [-0.05, 0) is 36.8 Å². The van der Waals surface area contributed by atoms with E-state index in [1.807, 2.05) is 48.2 Å². The van der Waals surface area contributed by atoms with Gasteiger partial charge in [-0.2, -0.15) is 0 Å². The highest BCUT2D eigenvalue weighted by molar-refractivity contribution is 5.78. The topological polar surface area (TPSA) is 54.5 Å². The predicted octanol–water partition coefficient (Wildman–Crippen LogP) is 2.88. The molecule has 31 heavy (non-hydrogen) atoms. The number of benzene rings is 2. The summed E-state index contributed by atoms with van der Waals surface area (Å²) in [6.45, 7) is 7.09. The van der Waals surface area contributed by atoms with E-state index in [1.165, 1.54) is 0 Å². The Morgan fingerprint density at radius 1 is 0.903 bits per heavy atom. The summed E-state index contributed by atoms with van der Waals surface area (Å²) in [6.07, 6.45) is 0. The summed E-state index contributed by atoms with van der Waals surface area (Å²) >= 11 is 0. The molecule has 1 amide bonds. The zero-order valence-corrected chi connectivity index (χ0v) is 19.0. The van der Waals surface area contributed by atoms with Crippen molar-refractivity contribution in [2.45, 2.75) is 13.5 Å². The van der Waals surface area contributed by atoms with Crippen LogP contribution in [0, 0.1) is 0 Å². The highest BCUT2D eigenvalue weighted by atomic mass is 16.5. The van der Waals surface area contributed by atoms with Crippen LogP contribution in [0.1, 0.15) is 12.5 Å². The largest absolute Gasteiger partial charge is 0.495 e. The minimum atomic E-state index is 0.142. The highest BCUT2D eigenvalue weighted by Gasteiger charge is 2.23. The van der Waals surface area contributed by atoms with E-state index >= 15 is 0 Å². The van der Waals surface area contributed by atoms with Crippen LogP contribution in [0.5, 0.6) is 17.2 Å². The molecule has 0 atom stereocenters. The van der Waals surface area contributed by atoms with Gasteiger partial charge in [0.2, 0.25) is 5.91 Å². The van der Waals surface area contributed by atoms with Crippen molar-refractivity contribution >= 4 is 11.6 Å². The highest BCUT2D eigenvalue weighted by Crippen LogP contribution is 2.29. The van der Waals surface area contributed by atoms with Crippen LogP contribution in [0.2, 0.25) is 0 Å². The smallest absolute Gasteiger partial charge is 0.237 e. The van der Waals surface area contributed by atoms with Gasteiger partial charge in [0, 0.05) is 39.3 Å². The molecule has 0 N–H and O–H groups in total. The number of nitrogens with zero attached hydrogens (tertiary/aromatic N) is 3. The molecule has 2 aromatic carbocycles. The maximum Gasteiger partial charge on any atom is 0.237 e. The van der Waals surface area contributed by atoms with Gasteiger partial charge in [-0.15, -0.1) is 0 Å². The first-order chi connectivity index (χ1) is 15.1. The number of para-hydroxylation sites is 2. The van der Waals surface area contributed by atoms with Crippen LogP contribution in [-0.4, -0.2) is 76.3 Å². The van der Waals surface area contributed by atoms with Gasteiger partial charge in [-0.3, -0.25) is 9.69 Å². The lowest BCUT2D eigenvalue weighted by Crippen LogP contribution is -2.50. The number of amides is 1. The van der Waals surface area contributed by atoms with Gasteiger partial charge in [0.05, 0.1) is 33.6 Å². The van der Waals surface area contributed by atoms with Crippen LogP contribution in [0.3, 0.4) is 0 Å². The van der Waals surface area contributed by atoms with Crippen LogP contribution in [0.15, 0.2) is 42.5 Å². The number of likely N-dealkylation sites (N-methyl/N-ethyl adjacent to an activating group) is 1. The number of carbonyl (C=O) groups excluding carboxylic acids is 1. The molecule has 0 bridgehead atoms. The average molecular weight is 428 g/mol. The first-order valence-corrected chi connectivity index (χ1v) is 10.7. The van der Waals surface area contributed by atoms with E-state index in [4.69, 9.17) is 14.2 Å². The lowest BCUT2D eigenvalue weighted by molar-refractivity contribution is -0.132. The monoisotopic (exact) mass is 427 g/mol. The molecule has 0 unspecified atom stereocenters. The van der Waals surface area contributed by atoms with E-state index < -0.39 is 0 Å². The Hall–Kier alpha value is -2.93. The number of hydrogen-bond acceptors (Lipinski definition) is 6. The molecule has 2 aromatic rings. The SMILES string of the molecule is CCN(Cc1ccc(OC)c(OC)c1)C(=O)CN1CCN(c2ccccc2OC)CC1. The minimum absolute atomic E-state index is 0.142. The molecule has 7 nitrogen and oxygen atoms in total. The van der Waals surface area contributed by atoms with E-state index in [9.17, 15) is 4.79 Å². The van der Waals surface area contributed by atoms with Crippen LogP contribution in [0.25, 0.3) is 0 Å². The molecule has 0 saturated carbocycles. The first-order valence-electron chi connectivity index (χ1n) is 10.7. The lowest BCUT2D eigenvalue weighted by atomic mass is 10.2. The third-order valence-electron chi connectivity index (χ3n) is 5.71. The number of ether oxygens (including phenoxy) is 3. The van der Waals surface area contributed by atoms with Crippen molar-refractivity contribution in [3.8, 4) is 17.2 Å². The quantitative estimate of drug-likeness (QED) is 0.613. The average Bonchev–Trinajstić information content (AvgIpc) is 2.82. The second kappa shape index (κ2) is 10.9. The van der Waals surface area contributed by atoms with Gasteiger partial charge in [0.1, 0.15) is 5.75 Å². The fourth-order valence-corrected chi connectivity index (χ4v) is 3.90. The molecule has 1 saturated heterocycles. The van der Waals surface area contributed by atoms with Gasteiger partial charge >= 0.3 is 0 Å². The van der Waals surface area contributed by atoms with Crippen molar-refractivity contribution in [1.29, 1.82) is 0 Å². The molecule has 0 aromatic heterocycles. The molecule has 168 valence electrons. The normalized spacial score (nSPS) is 14.3. The third-order valence-corrected chi connectivity index (χ3v) is 5.71. The van der Waals surface area contributed by atoms with Crippen LogP contribution < -0.4 is 19.1 Å². The van der Waals surface area contributed by atoms with Crippen molar-refractivity contribution in [3.05, 3.63) is 48.0 Å². The van der Waals surface area contributed by atoms with Crippen molar-refractivity contribution in [2.24, 2.45) is 0 Å². The number of methoxy groups -OCH3 is 3. The van der Waals surface area contributed by atoms with Crippen molar-refractivity contribution in [2.75, 3.05) is 65.5 Å². The Labute approximate surface area is 185 Å². The molecule has 1 fully saturated rings. The maximum absolute atomic E-state index is 13.0. The molecule has 1 aliphatic heterocycles. The molecular weight excluding hydrogens is 394 g/mol. The third kappa shape index (κ3) is 5.61. The van der Waals surface area contributed by atoms with Gasteiger partial charge in [0.15, 0.2) is 11.5 Å². The molecule has 0 spiro atoms. The predicted molar refractivity (Wildman–Crippen MR) is 122 cm³/mol. The van der Waals surface area contributed by atoms with Gasteiger partial charge < -0.3 is 24.0 Å². The Kier molecular flexibility index (Phi) is 8.00. The zero-order valence-electron chi connectivity index (χ0n) is 19.0. The number of piperazine rings is 1. The molecule has 1 aliphatic rings. The summed E-state index contributed by atoms with van der Waals surface area (Å²) in [6, 6.07) is 13.9. The number of rotatable bonds is 9. The fraction of sp³-hybridized carbons (Fsp3) is 0.458. The Morgan fingerprint density at radius 3 is 2.23 bits per heavy atom. The summed E-state index contributed by atoms with van der Waals surface area (Å²) < 4.78 is 16.2. The van der Waals surface area contributed by atoms with Gasteiger partial charge in [-0.25, -0.2) is 0 Å². The van der Waals surface area contributed by atoms with Crippen LogP contribution in [0.4, 0.5) is 5.69 Å². The van der Waals surface area contributed by atoms with E-state index in [0.29, 0.717) is 31.1 Å². The Bertz CT molecular complexity index is 866. The van der Waals surface area contributed by atoms with Crippen LogP contribution >= 0.6 is 0 Å². The summed E-state index contributed by atoms with van der Waals surface area (Å²) in [5.41, 5.74) is 2.13. The van der Waals surface area contributed by atoms with Crippen molar-refractivity contribution in [1.82, 2.24) is 9.80 Å². The zero-order chi connectivity index (χ0) is 22.2. The Morgan fingerprint density at radius 2 is 1.58 bits per heavy atom. The summed E-state index contributed by atoms with van der Waals surface area (Å²) in [7, 11) is 4.94. The summed E-state index contributed by atoms with van der Waals surface area (Å²) in [5, 5.41) is 0. The summed E-state index contributed by atoms with van der Waals surface area (Å²) in [4.78, 5) is 19.4. The summed E-state index contributed by atoms with van der Waals surface area (Å²) in [5.74, 6) is 2.40. The maximum atomic E-state index is 13.0. The lowest BCUT2D eigenvalue weighted by Gasteiger charge is -2.37. The van der Waals surface area contributed by atoms with E-state index in [-0.39, 0.29) is 5.91 Å². The molecule has 0 aliphatic carbocycles. The van der Waals surface area contributed by atoms with Crippen molar-refractivity contribution < 1.29 is 19.0 Å². The van der Waals surface area contributed by atoms with Crippen molar-refractivity contribution in [3.63, 3.8) is 0 Å². The molecule has 1 heterocycles. The van der Waals surface area contributed by atoms with E-state index in [0.717, 1.165) is 43.2 Å². The second-order valence-corrected chi connectivity index (χ2v) is 7.53. The van der Waals surface area contributed by atoms with Crippen LogP contribution in [-0.2, 0) is 11.3 Å². The number of anilines is 1. The van der Waals surface area contributed by atoms with Gasteiger partial charge in [-0.1, -0.05) is 18.2 Å². The van der Waals surface area contributed by atoms with E-state index in [2.05, 4.69) is 15.9 Å². The fourth-order valence-electron chi connectivity index (χ4n) is 3.90. The minimum Gasteiger partial charge on any atom is -0.495 e. The number of carbonyl (C=O) groups is 1. The molecular formula is C24H33N3O4. The van der Waals surface area contributed by atoms with Gasteiger partial charge in [0.25, 0.3) is 0 Å². The molecule has 0 radical (unpaired) electrons. The number of hydrogen-bond donors (Lipinski definition) is 0. The first kappa shape index (κ1) is 22.7.